The van der Waals surface area contributed by atoms with Crippen LogP contribution in [0.2, 0.25) is 0 Å². The molecule has 0 saturated carbocycles. The molecule has 0 fully saturated rings. The van der Waals surface area contributed by atoms with Gasteiger partial charge in [0, 0.05) is 5.39 Å². The largest absolute Gasteiger partial charge is 0.452 e. The van der Waals surface area contributed by atoms with E-state index in [0.29, 0.717) is 39.4 Å². The summed E-state index contributed by atoms with van der Waals surface area (Å²) in [5.41, 5.74) is 5.36. The fraction of sp³-hybridized carbons (Fsp3) is 0.172. The lowest BCUT2D eigenvalue weighted by Gasteiger charge is -2.26. The molecule has 0 bridgehead atoms. The molecule has 1 unspecified atom stereocenters. The van der Waals surface area contributed by atoms with Crippen LogP contribution < -0.4 is 5.32 Å². The molecule has 0 radical (unpaired) electrons. The van der Waals surface area contributed by atoms with Crippen LogP contribution >= 0.6 is 11.3 Å². The maximum atomic E-state index is 13.4. The zero-order chi connectivity index (χ0) is 25.1. The number of nitrogens with one attached hydrogen (secondary N) is 1. The number of esters is 1. The minimum Gasteiger partial charge on any atom is -0.452 e. The van der Waals surface area contributed by atoms with Crippen LogP contribution in [0.4, 0.5) is 5.00 Å². The van der Waals surface area contributed by atoms with Gasteiger partial charge in [-0.05, 0) is 59.0 Å². The first-order valence-corrected chi connectivity index (χ1v) is 12.5. The van der Waals surface area contributed by atoms with Gasteiger partial charge >= 0.3 is 5.97 Å². The van der Waals surface area contributed by atoms with Crippen molar-refractivity contribution in [1.82, 2.24) is 4.98 Å². The molecule has 7 heteroatoms. The van der Waals surface area contributed by atoms with Crippen molar-refractivity contribution in [3.63, 3.8) is 0 Å². The number of amides is 1. The van der Waals surface area contributed by atoms with E-state index in [-0.39, 0.29) is 0 Å². The molecule has 1 aliphatic rings. The summed E-state index contributed by atoms with van der Waals surface area (Å²) in [7, 11) is 0. The Hall–Kier alpha value is -4.28. The summed E-state index contributed by atoms with van der Waals surface area (Å²) in [6.45, 7) is 1.71. The van der Waals surface area contributed by atoms with Crippen LogP contribution in [0.5, 0.6) is 0 Å². The lowest BCUT2D eigenvalue weighted by atomic mass is 9.80. The Morgan fingerprint density at radius 2 is 1.92 bits per heavy atom. The molecule has 5 rings (SSSR count). The van der Waals surface area contributed by atoms with Crippen LogP contribution in [0.3, 0.4) is 0 Å². The second-order valence-electron chi connectivity index (χ2n) is 8.82. The Kier molecular flexibility index (Phi) is 6.61. The molecule has 0 saturated heterocycles. The Morgan fingerprint density at radius 1 is 1.14 bits per heavy atom. The predicted molar refractivity (Wildman–Crippen MR) is 141 cm³/mol. The first kappa shape index (κ1) is 23.5. The number of rotatable bonds is 5. The molecule has 6 nitrogen and oxygen atoms in total. The molecular formula is C29H23N3O3S. The van der Waals surface area contributed by atoms with E-state index in [9.17, 15) is 9.59 Å². The van der Waals surface area contributed by atoms with Crippen LogP contribution in [0.25, 0.3) is 22.6 Å². The van der Waals surface area contributed by atoms with Crippen LogP contribution in [0.1, 0.15) is 46.1 Å². The van der Waals surface area contributed by atoms with Crippen molar-refractivity contribution in [2.75, 3.05) is 11.9 Å². The molecule has 4 aromatic rings. The second-order valence-corrected chi connectivity index (χ2v) is 9.74. The first-order chi connectivity index (χ1) is 17.5. The maximum absolute atomic E-state index is 13.4. The summed E-state index contributed by atoms with van der Waals surface area (Å²) >= 11 is 1.25. The van der Waals surface area contributed by atoms with Gasteiger partial charge in [0.05, 0.1) is 22.3 Å². The van der Waals surface area contributed by atoms with Crippen LogP contribution in [-0.4, -0.2) is 23.5 Å². The number of para-hydroxylation sites is 1. The highest BCUT2D eigenvalue weighted by Gasteiger charge is 2.29. The van der Waals surface area contributed by atoms with Crippen LogP contribution in [0, 0.1) is 17.2 Å². The third kappa shape index (κ3) is 4.77. The second kappa shape index (κ2) is 10.1. The topological polar surface area (TPSA) is 92.1 Å². The van der Waals surface area contributed by atoms with E-state index in [1.54, 1.807) is 11.4 Å². The molecule has 0 aliphatic heterocycles. The Labute approximate surface area is 212 Å². The number of pyridine rings is 1. The maximum Gasteiger partial charge on any atom is 0.339 e. The molecule has 1 atom stereocenters. The highest BCUT2D eigenvalue weighted by Crippen LogP contribution is 2.38. The summed E-state index contributed by atoms with van der Waals surface area (Å²) in [6.07, 6.45) is 3.68. The van der Waals surface area contributed by atoms with Crippen molar-refractivity contribution >= 4 is 50.8 Å². The van der Waals surface area contributed by atoms with Gasteiger partial charge in [0.2, 0.25) is 0 Å². The monoisotopic (exact) mass is 493 g/mol. The number of allylic oxidation sites excluding steroid dienone is 1. The normalized spacial score (nSPS) is 15.8. The van der Waals surface area contributed by atoms with Gasteiger partial charge in [-0.25, -0.2) is 9.78 Å². The Balaban J connectivity index is 1.49. The summed E-state index contributed by atoms with van der Waals surface area (Å²) in [6, 6.07) is 21.2. The standard InChI is InChI=1S/C29H23N3O3S/c1-18-13-21(15-19-7-3-2-4-8-19)27-23(14-18)26(22-9-5-6-10-24(22)31-27)29(34)35-17-25(33)32-28-20(16-30)11-12-36-28/h2-12,15,18H,13-14,17H2,1H3,(H,32,33). The van der Waals surface area contributed by atoms with E-state index >= 15 is 0 Å². The molecule has 2 aromatic heterocycles. The highest BCUT2D eigenvalue weighted by molar-refractivity contribution is 7.14. The molecule has 2 heterocycles. The molecule has 178 valence electrons. The summed E-state index contributed by atoms with van der Waals surface area (Å²) in [5, 5.41) is 14.7. The van der Waals surface area contributed by atoms with Gasteiger partial charge in [-0.2, -0.15) is 5.26 Å². The number of nitriles is 1. The number of aromatic nitrogens is 1. The molecule has 1 aliphatic carbocycles. The van der Waals surface area contributed by atoms with E-state index in [4.69, 9.17) is 15.0 Å². The van der Waals surface area contributed by atoms with Crippen molar-refractivity contribution in [3.05, 3.63) is 94.0 Å². The van der Waals surface area contributed by atoms with Crippen LogP contribution in [0.15, 0.2) is 66.0 Å². The molecule has 1 amide bonds. The number of nitrogens with zero attached hydrogens (tertiary/aromatic N) is 2. The van der Waals surface area contributed by atoms with Crippen molar-refractivity contribution in [2.45, 2.75) is 19.8 Å². The smallest absolute Gasteiger partial charge is 0.339 e. The molecule has 36 heavy (non-hydrogen) atoms. The van der Waals surface area contributed by atoms with E-state index < -0.39 is 18.5 Å². The summed E-state index contributed by atoms with van der Waals surface area (Å²) in [4.78, 5) is 30.8. The molecule has 0 spiro atoms. The highest BCUT2D eigenvalue weighted by atomic mass is 32.1. The van der Waals surface area contributed by atoms with Crippen molar-refractivity contribution in [2.24, 2.45) is 5.92 Å². The third-order valence-corrected chi connectivity index (χ3v) is 6.97. The van der Waals surface area contributed by atoms with E-state index in [1.165, 1.54) is 11.3 Å². The average Bonchev–Trinajstić information content (AvgIpc) is 3.33. The average molecular weight is 494 g/mol. The number of fused-ring (bicyclic) bond motifs is 2. The minimum absolute atomic E-state index is 0.313. The number of hydrogen-bond acceptors (Lipinski definition) is 6. The lowest BCUT2D eigenvalue weighted by molar-refractivity contribution is -0.119. The first-order valence-electron chi connectivity index (χ1n) is 11.7. The van der Waals surface area contributed by atoms with E-state index in [2.05, 4.69) is 18.3 Å². The van der Waals surface area contributed by atoms with Crippen molar-refractivity contribution < 1.29 is 14.3 Å². The fourth-order valence-corrected chi connectivity index (χ4v) is 5.33. The molecule has 1 N–H and O–H groups in total. The van der Waals surface area contributed by atoms with Gasteiger partial charge < -0.3 is 10.1 Å². The van der Waals surface area contributed by atoms with E-state index in [1.807, 2.05) is 60.7 Å². The molecular weight excluding hydrogens is 470 g/mol. The lowest BCUT2D eigenvalue weighted by Crippen LogP contribution is -2.23. The fourth-order valence-electron chi connectivity index (χ4n) is 4.58. The van der Waals surface area contributed by atoms with Crippen molar-refractivity contribution in [3.8, 4) is 6.07 Å². The van der Waals surface area contributed by atoms with Gasteiger partial charge in [-0.15, -0.1) is 11.3 Å². The zero-order valence-electron chi connectivity index (χ0n) is 19.7. The number of thiophene rings is 1. The Morgan fingerprint density at radius 3 is 2.72 bits per heavy atom. The van der Waals surface area contributed by atoms with Gasteiger partial charge in [-0.3, -0.25) is 4.79 Å². The number of ether oxygens (including phenoxy) is 1. The van der Waals surface area contributed by atoms with Crippen molar-refractivity contribution in [1.29, 1.82) is 5.26 Å². The number of hydrogen-bond donors (Lipinski definition) is 1. The third-order valence-electron chi connectivity index (χ3n) is 6.14. The number of carbonyl (C=O) groups is 2. The SMILES string of the molecule is CC1CC(=Cc2ccccc2)c2nc3ccccc3c(C(=O)OCC(=O)Nc3sccc3C#N)c2C1. The number of anilines is 1. The summed E-state index contributed by atoms with van der Waals surface area (Å²) < 4.78 is 5.50. The number of carbonyl (C=O) groups excluding carboxylic acids is 2. The number of benzene rings is 2. The zero-order valence-corrected chi connectivity index (χ0v) is 20.5. The minimum atomic E-state index is -0.556. The van der Waals surface area contributed by atoms with Crippen LogP contribution in [-0.2, 0) is 16.0 Å². The summed E-state index contributed by atoms with van der Waals surface area (Å²) in [5.74, 6) is -0.735. The van der Waals surface area contributed by atoms with Gasteiger partial charge in [-0.1, -0.05) is 55.5 Å². The Bertz CT molecular complexity index is 1530. The molecule has 2 aromatic carbocycles. The van der Waals surface area contributed by atoms with Gasteiger partial charge in [0.1, 0.15) is 11.1 Å². The van der Waals surface area contributed by atoms with Gasteiger partial charge in [0.15, 0.2) is 6.61 Å². The van der Waals surface area contributed by atoms with Gasteiger partial charge in [0.25, 0.3) is 5.91 Å². The quantitative estimate of drug-likeness (QED) is 0.340. The van der Waals surface area contributed by atoms with E-state index in [0.717, 1.165) is 28.8 Å². The predicted octanol–water partition coefficient (Wildman–Crippen LogP) is 6.09.